The molecule has 1 N–H and O–H groups in total. The number of ether oxygens (including phenoxy) is 2. The minimum atomic E-state index is -0.141. The number of likely N-dealkylation sites (tertiary alicyclic amines) is 2. The third-order valence-electron chi connectivity index (χ3n) is 5.45. The SMILES string of the molecule is COc1cc(Cl)c(CN2CCC(N3CCC[C@@H](O)C3)CC2)cc1OC. The van der Waals surface area contributed by atoms with Gasteiger partial charge in [-0.15, -0.1) is 0 Å². The van der Waals surface area contributed by atoms with E-state index in [-0.39, 0.29) is 6.10 Å². The van der Waals surface area contributed by atoms with Crippen LogP contribution in [0.2, 0.25) is 5.02 Å². The van der Waals surface area contributed by atoms with E-state index in [1.165, 1.54) is 0 Å². The number of β-amino-alcohol motifs (C(OH)–C–C–N with tert-alkyl or cyclic N) is 1. The number of methoxy groups -OCH3 is 2. The van der Waals surface area contributed by atoms with E-state index in [1.807, 2.05) is 12.1 Å². The van der Waals surface area contributed by atoms with Crippen LogP contribution in [0.4, 0.5) is 0 Å². The molecule has 0 spiro atoms. The lowest BCUT2D eigenvalue weighted by Crippen LogP contribution is -2.49. The van der Waals surface area contributed by atoms with Gasteiger partial charge in [0.05, 0.1) is 20.3 Å². The summed E-state index contributed by atoms with van der Waals surface area (Å²) in [5.74, 6) is 1.39. The maximum atomic E-state index is 9.89. The van der Waals surface area contributed by atoms with E-state index in [1.54, 1.807) is 14.2 Å². The van der Waals surface area contributed by atoms with Crippen molar-refractivity contribution in [3.63, 3.8) is 0 Å². The minimum Gasteiger partial charge on any atom is -0.493 e. The summed E-state index contributed by atoms with van der Waals surface area (Å²) in [5.41, 5.74) is 1.08. The van der Waals surface area contributed by atoms with Crippen LogP contribution in [0.5, 0.6) is 11.5 Å². The lowest BCUT2D eigenvalue weighted by atomic mass is 9.98. The second kappa shape index (κ2) is 8.58. The zero-order valence-corrected chi connectivity index (χ0v) is 16.0. The highest BCUT2D eigenvalue weighted by atomic mass is 35.5. The number of hydrogen-bond acceptors (Lipinski definition) is 5. The fraction of sp³-hybridized carbons (Fsp3) is 0.684. The third-order valence-corrected chi connectivity index (χ3v) is 5.80. The van der Waals surface area contributed by atoms with Crippen molar-refractivity contribution in [2.75, 3.05) is 40.4 Å². The van der Waals surface area contributed by atoms with E-state index in [0.717, 1.165) is 74.7 Å². The molecule has 2 aliphatic heterocycles. The molecule has 5 nitrogen and oxygen atoms in total. The van der Waals surface area contributed by atoms with Gasteiger partial charge in [0.1, 0.15) is 0 Å². The summed E-state index contributed by atoms with van der Waals surface area (Å²) in [5, 5.41) is 10.6. The highest BCUT2D eigenvalue weighted by Crippen LogP contribution is 2.34. The van der Waals surface area contributed by atoms with Gasteiger partial charge in [0.25, 0.3) is 0 Å². The van der Waals surface area contributed by atoms with Gasteiger partial charge < -0.3 is 14.6 Å². The monoisotopic (exact) mass is 368 g/mol. The molecular weight excluding hydrogens is 340 g/mol. The molecule has 1 aromatic carbocycles. The van der Waals surface area contributed by atoms with Gasteiger partial charge in [0.2, 0.25) is 0 Å². The minimum absolute atomic E-state index is 0.141. The fourth-order valence-electron chi connectivity index (χ4n) is 4.02. The van der Waals surface area contributed by atoms with Gasteiger partial charge in [0, 0.05) is 30.2 Å². The Bertz CT molecular complexity index is 576. The first-order valence-corrected chi connectivity index (χ1v) is 9.53. The second-order valence-electron chi connectivity index (χ2n) is 7.10. The molecule has 0 aliphatic carbocycles. The predicted octanol–water partition coefficient (Wildman–Crippen LogP) is 2.78. The number of aliphatic hydroxyl groups excluding tert-OH is 1. The summed E-state index contributed by atoms with van der Waals surface area (Å²) in [6.45, 7) is 4.91. The normalized spacial score (nSPS) is 23.6. The van der Waals surface area contributed by atoms with Gasteiger partial charge in [0.15, 0.2) is 11.5 Å². The molecule has 2 heterocycles. The van der Waals surface area contributed by atoms with Gasteiger partial charge in [-0.2, -0.15) is 0 Å². The molecule has 0 radical (unpaired) electrons. The maximum absolute atomic E-state index is 9.89. The van der Waals surface area contributed by atoms with Crippen LogP contribution >= 0.6 is 11.6 Å². The maximum Gasteiger partial charge on any atom is 0.162 e. The summed E-state index contributed by atoms with van der Waals surface area (Å²) in [6, 6.07) is 4.42. The average Bonchev–Trinajstić information content (AvgIpc) is 2.63. The van der Waals surface area contributed by atoms with Crippen molar-refractivity contribution in [3.05, 3.63) is 22.7 Å². The van der Waals surface area contributed by atoms with Crippen molar-refractivity contribution >= 4 is 11.6 Å². The van der Waals surface area contributed by atoms with Gasteiger partial charge in [-0.3, -0.25) is 9.80 Å². The number of rotatable bonds is 5. The van der Waals surface area contributed by atoms with Crippen molar-refractivity contribution < 1.29 is 14.6 Å². The van der Waals surface area contributed by atoms with Crippen molar-refractivity contribution in [1.29, 1.82) is 0 Å². The summed E-state index contributed by atoms with van der Waals surface area (Å²) in [4.78, 5) is 4.93. The van der Waals surface area contributed by atoms with Crippen molar-refractivity contribution in [1.82, 2.24) is 9.80 Å². The van der Waals surface area contributed by atoms with Crippen LogP contribution in [-0.4, -0.2) is 67.5 Å². The van der Waals surface area contributed by atoms with Crippen LogP contribution in [0.3, 0.4) is 0 Å². The van der Waals surface area contributed by atoms with Crippen LogP contribution in [-0.2, 0) is 6.54 Å². The Labute approximate surface area is 155 Å². The molecule has 0 amide bonds. The molecule has 2 fully saturated rings. The molecule has 1 atom stereocenters. The molecule has 2 aliphatic rings. The molecule has 0 unspecified atom stereocenters. The largest absolute Gasteiger partial charge is 0.493 e. The fourth-order valence-corrected chi connectivity index (χ4v) is 4.23. The number of halogens is 1. The number of nitrogens with zero attached hydrogens (tertiary/aromatic N) is 2. The molecule has 140 valence electrons. The van der Waals surface area contributed by atoms with Crippen LogP contribution in [0.1, 0.15) is 31.2 Å². The first-order chi connectivity index (χ1) is 12.1. The van der Waals surface area contributed by atoms with E-state index < -0.39 is 0 Å². The molecule has 25 heavy (non-hydrogen) atoms. The van der Waals surface area contributed by atoms with Crippen LogP contribution in [0.25, 0.3) is 0 Å². The number of piperidine rings is 2. The zero-order valence-electron chi connectivity index (χ0n) is 15.2. The summed E-state index contributed by atoms with van der Waals surface area (Å²) in [7, 11) is 3.27. The molecule has 6 heteroatoms. The first-order valence-electron chi connectivity index (χ1n) is 9.15. The Balaban J connectivity index is 1.57. The lowest BCUT2D eigenvalue weighted by Gasteiger charge is -2.41. The van der Waals surface area contributed by atoms with Crippen molar-refractivity contribution in [2.45, 2.75) is 44.4 Å². The smallest absolute Gasteiger partial charge is 0.162 e. The topological polar surface area (TPSA) is 45.2 Å². The molecule has 0 bridgehead atoms. The Morgan fingerprint density at radius 3 is 2.40 bits per heavy atom. The lowest BCUT2D eigenvalue weighted by molar-refractivity contribution is 0.0243. The molecule has 1 aromatic rings. The number of aliphatic hydroxyl groups is 1. The van der Waals surface area contributed by atoms with Crippen LogP contribution in [0, 0.1) is 0 Å². The van der Waals surface area contributed by atoms with Crippen LogP contribution < -0.4 is 9.47 Å². The predicted molar refractivity (Wildman–Crippen MR) is 99.7 cm³/mol. The molecular formula is C19H29ClN2O3. The first kappa shape index (κ1) is 18.8. The molecule has 0 aromatic heterocycles. The van der Waals surface area contributed by atoms with Crippen LogP contribution in [0.15, 0.2) is 12.1 Å². The molecule has 3 rings (SSSR count). The van der Waals surface area contributed by atoms with E-state index in [4.69, 9.17) is 21.1 Å². The Morgan fingerprint density at radius 2 is 1.76 bits per heavy atom. The van der Waals surface area contributed by atoms with Gasteiger partial charge in [-0.25, -0.2) is 0 Å². The van der Waals surface area contributed by atoms with Gasteiger partial charge in [-0.05, 0) is 56.9 Å². The van der Waals surface area contributed by atoms with Gasteiger partial charge in [-0.1, -0.05) is 11.6 Å². The Kier molecular flexibility index (Phi) is 6.44. The Morgan fingerprint density at radius 1 is 1.08 bits per heavy atom. The highest BCUT2D eigenvalue weighted by molar-refractivity contribution is 6.31. The standard InChI is InChI=1S/C19H29ClN2O3/c1-24-18-10-14(17(20)11-19(18)25-2)12-21-8-5-15(6-9-21)22-7-3-4-16(23)13-22/h10-11,15-16,23H,3-9,12-13H2,1-2H3/t16-/m1/s1. The molecule has 0 saturated carbocycles. The summed E-state index contributed by atoms with van der Waals surface area (Å²) >= 11 is 6.42. The Hall–Kier alpha value is -1.01. The van der Waals surface area contributed by atoms with Crippen molar-refractivity contribution in [3.8, 4) is 11.5 Å². The third kappa shape index (κ3) is 4.59. The second-order valence-corrected chi connectivity index (χ2v) is 7.50. The number of hydrogen-bond donors (Lipinski definition) is 1. The molecule has 2 saturated heterocycles. The van der Waals surface area contributed by atoms with Gasteiger partial charge >= 0.3 is 0 Å². The van der Waals surface area contributed by atoms with E-state index in [0.29, 0.717) is 11.8 Å². The van der Waals surface area contributed by atoms with E-state index in [9.17, 15) is 5.11 Å². The average molecular weight is 369 g/mol. The zero-order chi connectivity index (χ0) is 17.8. The highest BCUT2D eigenvalue weighted by Gasteiger charge is 2.28. The quantitative estimate of drug-likeness (QED) is 0.865. The van der Waals surface area contributed by atoms with E-state index >= 15 is 0 Å². The summed E-state index contributed by atoms with van der Waals surface area (Å²) in [6.07, 6.45) is 4.22. The van der Waals surface area contributed by atoms with Crippen molar-refractivity contribution in [2.24, 2.45) is 0 Å². The number of benzene rings is 1. The van der Waals surface area contributed by atoms with E-state index in [2.05, 4.69) is 9.80 Å². The summed E-state index contributed by atoms with van der Waals surface area (Å²) < 4.78 is 10.7.